The lowest BCUT2D eigenvalue weighted by Crippen LogP contribution is -2.26. The van der Waals surface area contributed by atoms with Crippen molar-refractivity contribution >= 4 is 5.91 Å². The van der Waals surface area contributed by atoms with E-state index in [1.54, 1.807) is 12.4 Å². The quantitative estimate of drug-likeness (QED) is 0.725. The van der Waals surface area contributed by atoms with Gasteiger partial charge in [-0.05, 0) is 45.3 Å². The molecule has 0 unspecified atom stereocenters. The fourth-order valence-electron chi connectivity index (χ4n) is 2.14. The third-order valence-electron chi connectivity index (χ3n) is 3.10. The van der Waals surface area contributed by atoms with Gasteiger partial charge in [0.2, 0.25) is 0 Å². The average Bonchev–Trinajstić information content (AvgIpc) is 3.01. The molecule has 0 aliphatic carbocycles. The molecule has 2 heterocycles. The monoisotopic (exact) mass is 236 g/mol. The van der Waals surface area contributed by atoms with Crippen LogP contribution in [0.5, 0.6) is 0 Å². The SMILES string of the molecule is O=C(NCCCCN1CCCC1)c1ncc[nH]1. The maximum atomic E-state index is 11.5. The first-order chi connectivity index (χ1) is 8.36. The summed E-state index contributed by atoms with van der Waals surface area (Å²) in [4.78, 5) is 20.7. The summed E-state index contributed by atoms with van der Waals surface area (Å²) in [5.74, 6) is 0.278. The number of imidazole rings is 1. The Morgan fingerprint density at radius 2 is 2.24 bits per heavy atom. The maximum absolute atomic E-state index is 11.5. The summed E-state index contributed by atoms with van der Waals surface area (Å²) < 4.78 is 0. The Hall–Kier alpha value is -1.36. The van der Waals surface area contributed by atoms with Gasteiger partial charge < -0.3 is 15.2 Å². The van der Waals surface area contributed by atoms with Crippen LogP contribution in [0.4, 0.5) is 0 Å². The number of rotatable bonds is 6. The Balaban J connectivity index is 1.52. The summed E-state index contributed by atoms with van der Waals surface area (Å²) >= 11 is 0. The molecule has 1 aliphatic rings. The van der Waals surface area contributed by atoms with Crippen LogP contribution in [0.15, 0.2) is 12.4 Å². The molecule has 0 radical (unpaired) electrons. The Labute approximate surface area is 102 Å². The van der Waals surface area contributed by atoms with Gasteiger partial charge in [0.25, 0.3) is 5.91 Å². The third-order valence-corrected chi connectivity index (χ3v) is 3.10. The van der Waals surface area contributed by atoms with Crippen LogP contribution >= 0.6 is 0 Å². The maximum Gasteiger partial charge on any atom is 0.287 e. The van der Waals surface area contributed by atoms with Crippen molar-refractivity contribution in [2.45, 2.75) is 25.7 Å². The third kappa shape index (κ3) is 3.85. The Bertz CT molecular complexity index is 330. The number of hydrogen-bond acceptors (Lipinski definition) is 3. The van der Waals surface area contributed by atoms with Crippen LogP contribution in [-0.2, 0) is 0 Å². The number of amides is 1. The summed E-state index contributed by atoms with van der Waals surface area (Å²) in [6, 6.07) is 0. The number of H-pyrrole nitrogens is 1. The molecule has 2 N–H and O–H groups in total. The van der Waals surface area contributed by atoms with E-state index < -0.39 is 0 Å². The predicted molar refractivity (Wildman–Crippen MR) is 65.8 cm³/mol. The normalized spacial score (nSPS) is 16.2. The van der Waals surface area contributed by atoms with E-state index in [4.69, 9.17) is 0 Å². The standard InChI is InChI=1S/C12H20N4O/c17-12(11-13-6-7-14-11)15-5-1-2-8-16-9-3-4-10-16/h6-7H,1-5,8-10H2,(H,13,14)(H,15,17). The van der Waals surface area contributed by atoms with E-state index in [0.29, 0.717) is 5.82 Å². The second-order valence-corrected chi connectivity index (χ2v) is 4.45. The van der Waals surface area contributed by atoms with Crippen molar-refractivity contribution < 1.29 is 4.79 Å². The first kappa shape index (κ1) is 12.1. The topological polar surface area (TPSA) is 61.0 Å². The molecular weight excluding hydrogens is 216 g/mol. The van der Waals surface area contributed by atoms with Gasteiger partial charge in [-0.15, -0.1) is 0 Å². The summed E-state index contributed by atoms with van der Waals surface area (Å²) in [6.45, 7) is 4.39. The zero-order valence-electron chi connectivity index (χ0n) is 10.1. The summed E-state index contributed by atoms with van der Waals surface area (Å²) in [7, 11) is 0. The molecule has 5 heteroatoms. The summed E-state index contributed by atoms with van der Waals surface area (Å²) in [5.41, 5.74) is 0. The van der Waals surface area contributed by atoms with Crippen LogP contribution in [0.1, 0.15) is 36.3 Å². The first-order valence-corrected chi connectivity index (χ1v) is 6.36. The molecule has 0 atom stereocenters. The minimum absolute atomic E-state index is 0.115. The molecule has 2 rings (SSSR count). The zero-order valence-corrected chi connectivity index (χ0v) is 10.1. The van der Waals surface area contributed by atoms with E-state index in [0.717, 1.165) is 25.9 Å². The second kappa shape index (κ2) is 6.39. The molecular formula is C12H20N4O. The molecule has 1 fully saturated rings. The van der Waals surface area contributed by atoms with Gasteiger partial charge in [0.1, 0.15) is 0 Å². The minimum Gasteiger partial charge on any atom is -0.349 e. The average molecular weight is 236 g/mol. The van der Waals surface area contributed by atoms with Gasteiger partial charge >= 0.3 is 0 Å². The van der Waals surface area contributed by atoms with Gasteiger partial charge in [-0.1, -0.05) is 0 Å². The molecule has 0 aromatic carbocycles. The van der Waals surface area contributed by atoms with Gasteiger partial charge in [-0.25, -0.2) is 4.98 Å². The van der Waals surface area contributed by atoms with Crippen molar-refractivity contribution in [2.24, 2.45) is 0 Å². The number of aromatic amines is 1. The van der Waals surface area contributed by atoms with Crippen LogP contribution in [0.3, 0.4) is 0 Å². The predicted octanol–water partition coefficient (Wildman–Crippen LogP) is 1.02. The highest BCUT2D eigenvalue weighted by Crippen LogP contribution is 2.07. The van der Waals surface area contributed by atoms with Gasteiger partial charge in [-0.3, -0.25) is 4.79 Å². The van der Waals surface area contributed by atoms with Crippen LogP contribution in [-0.4, -0.2) is 47.0 Å². The van der Waals surface area contributed by atoms with Gasteiger partial charge in [-0.2, -0.15) is 0 Å². The van der Waals surface area contributed by atoms with E-state index in [2.05, 4.69) is 20.2 Å². The highest BCUT2D eigenvalue weighted by atomic mass is 16.2. The fourth-order valence-corrected chi connectivity index (χ4v) is 2.14. The number of aromatic nitrogens is 2. The van der Waals surface area contributed by atoms with Crippen molar-refractivity contribution in [1.29, 1.82) is 0 Å². The summed E-state index contributed by atoms with van der Waals surface area (Å²) in [6.07, 6.45) is 8.11. The second-order valence-electron chi connectivity index (χ2n) is 4.45. The molecule has 1 amide bonds. The number of carbonyl (C=O) groups excluding carboxylic acids is 1. The Morgan fingerprint density at radius 1 is 1.41 bits per heavy atom. The molecule has 1 aliphatic heterocycles. The van der Waals surface area contributed by atoms with E-state index >= 15 is 0 Å². The van der Waals surface area contributed by atoms with Crippen molar-refractivity contribution in [2.75, 3.05) is 26.2 Å². The molecule has 0 saturated carbocycles. The van der Waals surface area contributed by atoms with Gasteiger partial charge in [0, 0.05) is 18.9 Å². The number of nitrogens with zero attached hydrogens (tertiary/aromatic N) is 2. The number of likely N-dealkylation sites (tertiary alicyclic amines) is 1. The lowest BCUT2D eigenvalue weighted by molar-refractivity contribution is 0.0943. The van der Waals surface area contributed by atoms with Crippen molar-refractivity contribution in [1.82, 2.24) is 20.2 Å². The Morgan fingerprint density at radius 3 is 2.94 bits per heavy atom. The highest BCUT2D eigenvalue weighted by molar-refractivity contribution is 5.90. The largest absolute Gasteiger partial charge is 0.349 e. The number of hydrogen-bond donors (Lipinski definition) is 2. The van der Waals surface area contributed by atoms with E-state index in [1.807, 2.05) is 0 Å². The lowest BCUT2D eigenvalue weighted by Gasteiger charge is -2.13. The van der Waals surface area contributed by atoms with Crippen molar-refractivity contribution in [3.63, 3.8) is 0 Å². The zero-order chi connectivity index (χ0) is 11.9. The minimum atomic E-state index is -0.115. The van der Waals surface area contributed by atoms with Crippen molar-refractivity contribution in [3.05, 3.63) is 18.2 Å². The van der Waals surface area contributed by atoms with Crippen LogP contribution in [0.25, 0.3) is 0 Å². The Kier molecular flexibility index (Phi) is 4.55. The van der Waals surface area contributed by atoms with E-state index in [-0.39, 0.29) is 5.91 Å². The van der Waals surface area contributed by atoms with Crippen LogP contribution in [0.2, 0.25) is 0 Å². The van der Waals surface area contributed by atoms with E-state index in [9.17, 15) is 4.79 Å². The highest BCUT2D eigenvalue weighted by Gasteiger charge is 2.10. The lowest BCUT2D eigenvalue weighted by atomic mass is 10.3. The molecule has 5 nitrogen and oxygen atoms in total. The molecule has 0 spiro atoms. The molecule has 94 valence electrons. The number of nitrogens with one attached hydrogen (secondary N) is 2. The van der Waals surface area contributed by atoms with Crippen molar-refractivity contribution in [3.8, 4) is 0 Å². The van der Waals surface area contributed by atoms with Crippen LogP contribution in [0, 0.1) is 0 Å². The smallest absolute Gasteiger partial charge is 0.287 e. The molecule has 1 aromatic rings. The molecule has 0 bridgehead atoms. The number of unbranched alkanes of at least 4 members (excludes halogenated alkanes) is 1. The molecule has 1 aromatic heterocycles. The molecule has 17 heavy (non-hydrogen) atoms. The fraction of sp³-hybridized carbons (Fsp3) is 0.667. The molecule has 1 saturated heterocycles. The van der Waals surface area contributed by atoms with E-state index in [1.165, 1.54) is 25.9 Å². The first-order valence-electron chi connectivity index (χ1n) is 6.36. The van der Waals surface area contributed by atoms with Crippen LogP contribution < -0.4 is 5.32 Å². The van der Waals surface area contributed by atoms with Gasteiger partial charge in [0.15, 0.2) is 5.82 Å². The van der Waals surface area contributed by atoms with Gasteiger partial charge in [0.05, 0.1) is 0 Å². The number of carbonyl (C=O) groups is 1. The summed E-state index contributed by atoms with van der Waals surface area (Å²) in [5, 5.41) is 2.86.